The minimum absolute atomic E-state index is 0.179. The molecule has 0 aliphatic rings. The van der Waals surface area contributed by atoms with E-state index >= 15 is 0 Å². The van der Waals surface area contributed by atoms with Gasteiger partial charge in [0.25, 0.3) is 0 Å². The molecule has 1 unspecified atom stereocenters. The van der Waals surface area contributed by atoms with Crippen molar-refractivity contribution in [2.45, 2.75) is 40.2 Å². The van der Waals surface area contributed by atoms with Crippen LogP contribution in [0.1, 0.15) is 33.5 Å². The van der Waals surface area contributed by atoms with Gasteiger partial charge in [-0.15, -0.1) is 0 Å². The molecule has 0 aliphatic heterocycles. The molecule has 1 heterocycles. The van der Waals surface area contributed by atoms with E-state index in [-0.39, 0.29) is 5.41 Å². The zero-order valence-corrected chi connectivity index (χ0v) is 9.37. The smallest absolute Gasteiger partial charge is 0.152 e. The molecule has 0 saturated heterocycles. The Morgan fingerprint density at radius 3 is 2.21 bits per heavy atom. The second kappa shape index (κ2) is 3.09. The number of nitriles is 1. The lowest BCUT2D eigenvalue weighted by Gasteiger charge is -2.35. The van der Waals surface area contributed by atoms with Crippen molar-refractivity contribution < 1.29 is 0 Å². The van der Waals surface area contributed by atoms with Gasteiger partial charge in [-0.05, 0) is 13.8 Å². The summed E-state index contributed by atoms with van der Waals surface area (Å²) in [6, 6.07) is 2.31. The van der Waals surface area contributed by atoms with Gasteiger partial charge in [0.2, 0.25) is 0 Å². The topological polar surface area (TPSA) is 54.5 Å². The SMILES string of the molecule is Cc1ncn(C(C)(C#N)C(C)(C)C)n1. The predicted molar refractivity (Wildman–Crippen MR) is 53.5 cm³/mol. The highest BCUT2D eigenvalue weighted by molar-refractivity contribution is 5.08. The van der Waals surface area contributed by atoms with Gasteiger partial charge in [0.1, 0.15) is 12.2 Å². The zero-order valence-electron chi connectivity index (χ0n) is 9.37. The monoisotopic (exact) mass is 192 g/mol. The van der Waals surface area contributed by atoms with Crippen LogP contribution in [0, 0.1) is 23.7 Å². The normalized spacial score (nSPS) is 16.0. The Bertz CT molecular complexity index is 366. The van der Waals surface area contributed by atoms with E-state index in [1.54, 1.807) is 11.0 Å². The third-order valence-electron chi connectivity index (χ3n) is 2.74. The summed E-state index contributed by atoms with van der Waals surface area (Å²) in [5.41, 5.74) is -0.837. The Morgan fingerprint density at radius 1 is 1.36 bits per heavy atom. The third-order valence-corrected chi connectivity index (χ3v) is 2.74. The first-order chi connectivity index (χ1) is 6.31. The lowest BCUT2D eigenvalue weighted by atomic mass is 9.76. The van der Waals surface area contributed by atoms with Crippen LogP contribution in [0.15, 0.2) is 6.33 Å². The van der Waals surface area contributed by atoms with Crippen LogP contribution in [0.5, 0.6) is 0 Å². The van der Waals surface area contributed by atoms with Crippen LogP contribution in [-0.2, 0) is 5.54 Å². The van der Waals surface area contributed by atoms with Gasteiger partial charge in [0.15, 0.2) is 5.54 Å². The highest BCUT2D eigenvalue weighted by Crippen LogP contribution is 2.35. The van der Waals surface area contributed by atoms with Gasteiger partial charge in [-0.3, -0.25) is 0 Å². The maximum atomic E-state index is 9.24. The van der Waals surface area contributed by atoms with Gasteiger partial charge < -0.3 is 0 Å². The summed E-state index contributed by atoms with van der Waals surface area (Å²) in [4.78, 5) is 4.04. The number of hydrogen-bond donors (Lipinski definition) is 0. The maximum absolute atomic E-state index is 9.24. The molecule has 0 radical (unpaired) electrons. The van der Waals surface area contributed by atoms with Crippen molar-refractivity contribution in [2.24, 2.45) is 5.41 Å². The van der Waals surface area contributed by atoms with E-state index in [2.05, 4.69) is 16.2 Å². The lowest BCUT2D eigenvalue weighted by Crippen LogP contribution is -2.42. The molecule has 1 aromatic heterocycles. The molecule has 1 rings (SSSR count). The van der Waals surface area contributed by atoms with Gasteiger partial charge in [-0.1, -0.05) is 20.8 Å². The molecule has 76 valence electrons. The van der Waals surface area contributed by atoms with Crippen molar-refractivity contribution in [3.8, 4) is 6.07 Å². The van der Waals surface area contributed by atoms with E-state index in [9.17, 15) is 5.26 Å². The fourth-order valence-electron chi connectivity index (χ4n) is 1.12. The van der Waals surface area contributed by atoms with E-state index in [1.165, 1.54) is 0 Å². The quantitative estimate of drug-likeness (QED) is 0.682. The molecular formula is C10H16N4. The predicted octanol–water partition coefficient (Wildman–Crippen LogP) is 1.87. The highest BCUT2D eigenvalue weighted by atomic mass is 15.4. The van der Waals surface area contributed by atoms with E-state index < -0.39 is 5.54 Å². The molecule has 0 aromatic carbocycles. The van der Waals surface area contributed by atoms with Crippen LogP contribution < -0.4 is 0 Å². The molecule has 0 bridgehead atoms. The lowest BCUT2D eigenvalue weighted by molar-refractivity contribution is 0.165. The molecule has 0 saturated carbocycles. The Labute approximate surface area is 84.6 Å². The van der Waals surface area contributed by atoms with Crippen LogP contribution in [0.4, 0.5) is 0 Å². The minimum atomic E-state index is -0.658. The first-order valence-electron chi connectivity index (χ1n) is 4.61. The van der Waals surface area contributed by atoms with Crippen LogP contribution in [0.25, 0.3) is 0 Å². The Hall–Kier alpha value is -1.37. The van der Waals surface area contributed by atoms with Crippen molar-refractivity contribution in [1.29, 1.82) is 5.26 Å². The Kier molecular flexibility index (Phi) is 2.36. The van der Waals surface area contributed by atoms with Crippen LogP contribution in [0.2, 0.25) is 0 Å². The fraction of sp³-hybridized carbons (Fsp3) is 0.700. The fourth-order valence-corrected chi connectivity index (χ4v) is 1.12. The Morgan fingerprint density at radius 2 is 1.93 bits per heavy atom. The Balaban J connectivity index is 3.23. The van der Waals surface area contributed by atoms with Crippen LogP contribution in [-0.4, -0.2) is 14.8 Å². The molecule has 1 atom stereocenters. The first kappa shape index (κ1) is 10.7. The average molecular weight is 192 g/mol. The standard InChI is InChI=1S/C10H16N4/c1-8-12-7-14(13-8)10(5,6-11)9(2,3)4/h7H,1-5H3. The summed E-state index contributed by atoms with van der Waals surface area (Å²) in [5.74, 6) is 0.690. The average Bonchev–Trinajstić information content (AvgIpc) is 2.48. The van der Waals surface area contributed by atoms with Gasteiger partial charge in [-0.2, -0.15) is 10.4 Å². The number of hydrogen-bond acceptors (Lipinski definition) is 3. The van der Waals surface area contributed by atoms with Gasteiger partial charge in [-0.25, -0.2) is 9.67 Å². The summed E-state index contributed by atoms with van der Waals surface area (Å²) < 4.78 is 1.64. The number of aromatic nitrogens is 3. The summed E-state index contributed by atoms with van der Waals surface area (Å²) >= 11 is 0. The molecule has 0 N–H and O–H groups in total. The van der Waals surface area contributed by atoms with E-state index in [0.717, 1.165) is 0 Å². The third kappa shape index (κ3) is 1.50. The van der Waals surface area contributed by atoms with Crippen LogP contribution >= 0.6 is 0 Å². The molecule has 1 aromatic rings. The van der Waals surface area contributed by atoms with Crippen molar-refractivity contribution in [3.63, 3.8) is 0 Å². The van der Waals surface area contributed by atoms with E-state index in [0.29, 0.717) is 5.82 Å². The molecule has 0 aliphatic carbocycles. The molecule has 14 heavy (non-hydrogen) atoms. The molecule has 4 heteroatoms. The molecule has 0 spiro atoms. The van der Waals surface area contributed by atoms with Crippen molar-refractivity contribution in [1.82, 2.24) is 14.8 Å². The number of nitrogens with zero attached hydrogens (tertiary/aromatic N) is 4. The zero-order chi connectivity index (χ0) is 11.0. The summed E-state index contributed by atoms with van der Waals surface area (Å²) in [5, 5.41) is 13.4. The van der Waals surface area contributed by atoms with Gasteiger partial charge in [0, 0.05) is 5.41 Å². The summed E-state index contributed by atoms with van der Waals surface area (Å²) in [6.45, 7) is 9.76. The van der Waals surface area contributed by atoms with Crippen molar-refractivity contribution in [2.75, 3.05) is 0 Å². The molecule has 0 amide bonds. The van der Waals surface area contributed by atoms with Crippen molar-refractivity contribution in [3.05, 3.63) is 12.2 Å². The first-order valence-corrected chi connectivity index (χ1v) is 4.61. The van der Waals surface area contributed by atoms with Crippen molar-refractivity contribution >= 4 is 0 Å². The minimum Gasteiger partial charge on any atom is -0.232 e. The largest absolute Gasteiger partial charge is 0.232 e. The van der Waals surface area contributed by atoms with Gasteiger partial charge >= 0.3 is 0 Å². The van der Waals surface area contributed by atoms with Crippen LogP contribution in [0.3, 0.4) is 0 Å². The summed E-state index contributed by atoms with van der Waals surface area (Å²) in [7, 11) is 0. The van der Waals surface area contributed by atoms with E-state index in [1.807, 2.05) is 34.6 Å². The molecule has 4 nitrogen and oxygen atoms in total. The highest BCUT2D eigenvalue weighted by Gasteiger charge is 2.40. The molecule has 0 fully saturated rings. The number of rotatable bonds is 1. The second-order valence-electron chi connectivity index (χ2n) is 4.67. The van der Waals surface area contributed by atoms with E-state index in [4.69, 9.17) is 0 Å². The number of aryl methyl sites for hydroxylation is 1. The summed E-state index contributed by atoms with van der Waals surface area (Å²) in [6.07, 6.45) is 1.61. The second-order valence-corrected chi connectivity index (χ2v) is 4.67. The maximum Gasteiger partial charge on any atom is 0.152 e. The van der Waals surface area contributed by atoms with Gasteiger partial charge in [0.05, 0.1) is 6.07 Å². The molecular weight excluding hydrogens is 176 g/mol.